The lowest BCUT2D eigenvalue weighted by Crippen LogP contribution is -2.25. The zero-order chi connectivity index (χ0) is 10.8. The van der Waals surface area contributed by atoms with Gasteiger partial charge in [0, 0.05) is 6.20 Å². The Morgan fingerprint density at radius 3 is 2.80 bits per heavy atom. The van der Waals surface area contributed by atoms with Crippen LogP contribution in [0.5, 0.6) is 0 Å². The number of hydrogen-bond acceptors (Lipinski definition) is 4. The number of ether oxygens (including phenoxy) is 1. The third-order valence-corrected chi connectivity index (χ3v) is 2.33. The van der Waals surface area contributed by atoms with Crippen LogP contribution in [0.25, 0.3) is 5.76 Å². The first kappa shape index (κ1) is 10.1. The molecule has 0 amide bonds. The molecule has 1 aromatic rings. The van der Waals surface area contributed by atoms with Gasteiger partial charge in [-0.15, -0.1) is 0 Å². The van der Waals surface area contributed by atoms with Gasteiger partial charge in [-0.3, -0.25) is 4.98 Å². The molecule has 1 aliphatic heterocycles. The Morgan fingerprint density at radius 1 is 1.47 bits per heavy atom. The van der Waals surface area contributed by atoms with Crippen molar-refractivity contribution in [3.8, 4) is 0 Å². The molecule has 0 unspecified atom stereocenters. The molecule has 2 atom stereocenters. The molecular weight excluding hydrogens is 194 g/mol. The van der Waals surface area contributed by atoms with E-state index in [9.17, 15) is 5.11 Å². The summed E-state index contributed by atoms with van der Waals surface area (Å²) in [7, 11) is 0. The van der Waals surface area contributed by atoms with E-state index in [4.69, 9.17) is 9.84 Å². The molecule has 2 rings (SSSR count). The van der Waals surface area contributed by atoms with E-state index in [1.807, 2.05) is 19.1 Å². The van der Waals surface area contributed by atoms with Crippen molar-refractivity contribution in [2.75, 3.05) is 6.61 Å². The Balaban J connectivity index is 2.19. The standard InChI is InChI=1S/C11H13NO3/c1-7-2-3-8(12-5-7)10-4-9(14)11(6-13)15-10/h2-5,9,11,13-14H,6H2,1H3/t9-,11+/m0/s1. The van der Waals surface area contributed by atoms with Gasteiger partial charge in [-0.2, -0.15) is 0 Å². The first-order valence-corrected chi connectivity index (χ1v) is 4.81. The molecule has 4 nitrogen and oxygen atoms in total. The van der Waals surface area contributed by atoms with Crippen molar-refractivity contribution in [2.24, 2.45) is 0 Å². The minimum Gasteiger partial charge on any atom is -0.483 e. The van der Waals surface area contributed by atoms with Crippen molar-refractivity contribution < 1.29 is 14.9 Å². The predicted molar refractivity (Wildman–Crippen MR) is 54.9 cm³/mol. The summed E-state index contributed by atoms with van der Waals surface area (Å²) in [6, 6.07) is 3.75. The molecule has 4 heteroatoms. The third-order valence-electron chi connectivity index (χ3n) is 2.33. The van der Waals surface area contributed by atoms with Crippen molar-refractivity contribution in [3.05, 3.63) is 35.7 Å². The lowest BCUT2D eigenvalue weighted by molar-refractivity contribution is 0.0291. The van der Waals surface area contributed by atoms with Crippen LogP contribution in [-0.2, 0) is 4.74 Å². The Hall–Kier alpha value is -1.39. The van der Waals surface area contributed by atoms with E-state index < -0.39 is 12.2 Å². The second-order valence-corrected chi connectivity index (χ2v) is 3.58. The molecule has 2 N–H and O–H groups in total. The second kappa shape index (κ2) is 4.00. The lowest BCUT2D eigenvalue weighted by Gasteiger charge is -2.12. The number of aromatic nitrogens is 1. The molecule has 1 aromatic heterocycles. The summed E-state index contributed by atoms with van der Waals surface area (Å²) >= 11 is 0. The lowest BCUT2D eigenvalue weighted by atomic mass is 10.2. The highest BCUT2D eigenvalue weighted by atomic mass is 16.5. The topological polar surface area (TPSA) is 62.6 Å². The number of aliphatic hydroxyl groups excluding tert-OH is 2. The van der Waals surface area contributed by atoms with Gasteiger partial charge in [0.1, 0.15) is 17.6 Å². The second-order valence-electron chi connectivity index (χ2n) is 3.58. The van der Waals surface area contributed by atoms with Gasteiger partial charge < -0.3 is 14.9 Å². The fourth-order valence-electron chi connectivity index (χ4n) is 1.44. The average molecular weight is 207 g/mol. The van der Waals surface area contributed by atoms with Crippen LogP contribution in [0.4, 0.5) is 0 Å². The quantitative estimate of drug-likeness (QED) is 0.740. The molecule has 2 heterocycles. The van der Waals surface area contributed by atoms with E-state index in [2.05, 4.69) is 4.98 Å². The first-order chi connectivity index (χ1) is 7.20. The molecule has 0 aliphatic carbocycles. The van der Waals surface area contributed by atoms with Gasteiger partial charge in [0.15, 0.2) is 6.10 Å². The summed E-state index contributed by atoms with van der Waals surface area (Å²) in [5, 5.41) is 18.4. The van der Waals surface area contributed by atoms with Gasteiger partial charge >= 0.3 is 0 Å². The molecule has 0 saturated carbocycles. The smallest absolute Gasteiger partial charge is 0.151 e. The van der Waals surface area contributed by atoms with Gasteiger partial charge in [-0.05, 0) is 24.6 Å². The zero-order valence-electron chi connectivity index (χ0n) is 8.42. The number of aryl methyl sites for hydroxylation is 1. The van der Waals surface area contributed by atoms with Crippen LogP contribution >= 0.6 is 0 Å². The maximum absolute atomic E-state index is 9.49. The van der Waals surface area contributed by atoms with Crippen molar-refractivity contribution in [3.63, 3.8) is 0 Å². The number of pyridine rings is 1. The minimum atomic E-state index is -0.756. The summed E-state index contributed by atoms with van der Waals surface area (Å²) in [5.74, 6) is 0.529. The predicted octanol–water partition coefficient (Wildman–Crippen LogP) is 0.483. The van der Waals surface area contributed by atoms with Crippen molar-refractivity contribution >= 4 is 5.76 Å². The van der Waals surface area contributed by atoms with Gasteiger partial charge in [-0.1, -0.05) is 6.07 Å². The third kappa shape index (κ3) is 2.00. The number of aliphatic hydroxyl groups is 2. The van der Waals surface area contributed by atoms with Gasteiger partial charge in [-0.25, -0.2) is 0 Å². The SMILES string of the molecule is Cc1ccc(C2=C[C@H](O)[C@@H](CO)O2)nc1. The van der Waals surface area contributed by atoms with Gasteiger partial charge in [0.25, 0.3) is 0 Å². The normalized spacial score (nSPS) is 24.9. The van der Waals surface area contributed by atoms with E-state index in [1.54, 1.807) is 12.3 Å². The molecule has 0 bridgehead atoms. The number of nitrogens with zero attached hydrogens (tertiary/aromatic N) is 1. The zero-order valence-corrected chi connectivity index (χ0v) is 8.42. The van der Waals surface area contributed by atoms with Crippen LogP contribution in [0.15, 0.2) is 24.4 Å². The summed E-state index contributed by atoms with van der Waals surface area (Å²) < 4.78 is 5.35. The Bertz CT molecular complexity index is 372. The highest BCUT2D eigenvalue weighted by Crippen LogP contribution is 2.24. The molecular formula is C11H13NO3. The van der Waals surface area contributed by atoms with E-state index in [-0.39, 0.29) is 6.61 Å². The molecule has 0 radical (unpaired) electrons. The minimum absolute atomic E-state index is 0.201. The molecule has 0 spiro atoms. The van der Waals surface area contributed by atoms with Crippen molar-refractivity contribution in [2.45, 2.75) is 19.1 Å². The van der Waals surface area contributed by atoms with E-state index in [0.717, 1.165) is 5.56 Å². The van der Waals surface area contributed by atoms with Crippen LogP contribution in [0, 0.1) is 6.92 Å². The summed E-state index contributed by atoms with van der Waals surface area (Å²) in [4.78, 5) is 4.18. The fraction of sp³-hybridized carbons (Fsp3) is 0.364. The Labute approximate surface area is 87.8 Å². The summed E-state index contributed by atoms with van der Waals surface area (Å²) in [6.45, 7) is 1.75. The monoisotopic (exact) mass is 207 g/mol. The largest absolute Gasteiger partial charge is 0.483 e. The average Bonchev–Trinajstić information content (AvgIpc) is 2.61. The molecule has 80 valence electrons. The maximum Gasteiger partial charge on any atom is 0.151 e. The fourth-order valence-corrected chi connectivity index (χ4v) is 1.44. The molecule has 15 heavy (non-hydrogen) atoms. The van der Waals surface area contributed by atoms with Crippen LogP contribution in [-0.4, -0.2) is 34.0 Å². The van der Waals surface area contributed by atoms with Crippen molar-refractivity contribution in [1.82, 2.24) is 4.98 Å². The van der Waals surface area contributed by atoms with E-state index in [0.29, 0.717) is 11.5 Å². The Kier molecular flexibility index (Phi) is 2.70. The Morgan fingerprint density at radius 2 is 2.27 bits per heavy atom. The molecule has 0 saturated heterocycles. The summed E-state index contributed by atoms with van der Waals surface area (Å²) in [5.41, 5.74) is 1.74. The first-order valence-electron chi connectivity index (χ1n) is 4.81. The summed E-state index contributed by atoms with van der Waals surface area (Å²) in [6.07, 6.45) is 1.98. The number of hydrogen-bond donors (Lipinski definition) is 2. The molecule has 0 aromatic carbocycles. The van der Waals surface area contributed by atoms with Crippen LogP contribution in [0.3, 0.4) is 0 Å². The van der Waals surface area contributed by atoms with Crippen LogP contribution in [0.2, 0.25) is 0 Å². The van der Waals surface area contributed by atoms with E-state index >= 15 is 0 Å². The van der Waals surface area contributed by atoms with Crippen molar-refractivity contribution in [1.29, 1.82) is 0 Å². The number of rotatable bonds is 2. The van der Waals surface area contributed by atoms with Crippen LogP contribution < -0.4 is 0 Å². The maximum atomic E-state index is 9.49. The molecule has 0 fully saturated rings. The van der Waals surface area contributed by atoms with E-state index in [1.165, 1.54) is 0 Å². The highest BCUT2D eigenvalue weighted by molar-refractivity contribution is 5.59. The molecule has 1 aliphatic rings. The van der Waals surface area contributed by atoms with Gasteiger partial charge in [0.2, 0.25) is 0 Å². The highest BCUT2D eigenvalue weighted by Gasteiger charge is 2.27. The van der Waals surface area contributed by atoms with Gasteiger partial charge in [0.05, 0.1) is 6.61 Å². The van der Waals surface area contributed by atoms with Crippen LogP contribution in [0.1, 0.15) is 11.3 Å².